The SMILES string of the molecule is CCOC(=O)CCN(C(=O)COc1ccccc1)C(C)C. The Morgan fingerprint density at radius 2 is 1.86 bits per heavy atom. The Hall–Kier alpha value is -2.04. The lowest BCUT2D eigenvalue weighted by atomic mass is 10.2. The highest BCUT2D eigenvalue weighted by Crippen LogP contribution is 2.09. The second-order valence-corrected chi connectivity index (χ2v) is 4.84. The normalized spacial score (nSPS) is 10.3. The van der Waals surface area contributed by atoms with Crippen LogP contribution in [0.5, 0.6) is 5.75 Å². The van der Waals surface area contributed by atoms with E-state index in [0.29, 0.717) is 18.9 Å². The van der Waals surface area contributed by atoms with Crippen molar-refractivity contribution in [2.24, 2.45) is 0 Å². The van der Waals surface area contributed by atoms with Gasteiger partial charge >= 0.3 is 5.97 Å². The van der Waals surface area contributed by atoms with E-state index in [1.165, 1.54) is 0 Å². The van der Waals surface area contributed by atoms with Crippen LogP contribution in [0, 0.1) is 0 Å². The third kappa shape index (κ3) is 6.29. The number of rotatable bonds is 8. The molecule has 0 N–H and O–H groups in total. The van der Waals surface area contributed by atoms with Crippen LogP contribution in [0.3, 0.4) is 0 Å². The first kappa shape index (κ1) is 17.0. The molecule has 116 valence electrons. The molecular weight excluding hydrogens is 270 g/mol. The van der Waals surface area contributed by atoms with E-state index in [0.717, 1.165) is 0 Å². The van der Waals surface area contributed by atoms with Gasteiger partial charge in [-0.15, -0.1) is 0 Å². The highest BCUT2D eigenvalue weighted by molar-refractivity contribution is 5.79. The Labute approximate surface area is 125 Å². The third-order valence-corrected chi connectivity index (χ3v) is 2.91. The Morgan fingerprint density at radius 3 is 2.43 bits per heavy atom. The lowest BCUT2D eigenvalue weighted by Gasteiger charge is -2.26. The summed E-state index contributed by atoms with van der Waals surface area (Å²) in [5.41, 5.74) is 0. The van der Waals surface area contributed by atoms with E-state index >= 15 is 0 Å². The van der Waals surface area contributed by atoms with E-state index < -0.39 is 0 Å². The molecule has 1 aromatic rings. The highest BCUT2D eigenvalue weighted by Gasteiger charge is 2.18. The Morgan fingerprint density at radius 1 is 1.19 bits per heavy atom. The van der Waals surface area contributed by atoms with Crippen molar-refractivity contribution in [3.63, 3.8) is 0 Å². The van der Waals surface area contributed by atoms with Crippen molar-refractivity contribution in [1.29, 1.82) is 0 Å². The first-order chi connectivity index (χ1) is 10.0. The van der Waals surface area contributed by atoms with Gasteiger partial charge in [-0.25, -0.2) is 0 Å². The fourth-order valence-electron chi connectivity index (χ4n) is 1.86. The molecule has 1 amide bonds. The van der Waals surface area contributed by atoms with Crippen molar-refractivity contribution in [1.82, 2.24) is 4.90 Å². The molecule has 0 radical (unpaired) electrons. The predicted octanol–water partition coefficient (Wildman–Crippen LogP) is 2.26. The van der Waals surface area contributed by atoms with Crippen molar-refractivity contribution in [2.45, 2.75) is 33.2 Å². The quantitative estimate of drug-likeness (QED) is 0.690. The van der Waals surface area contributed by atoms with E-state index in [4.69, 9.17) is 9.47 Å². The van der Waals surface area contributed by atoms with Gasteiger partial charge in [0, 0.05) is 12.6 Å². The summed E-state index contributed by atoms with van der Waals surface area (Å²) in [5.74, 6) is 0.220. The average Bonchev–Trinajstić information content (AvgIpc) is 2.46. The number of benzene rings is 1. The molecule has 0 aliphatic heterocycles. The summed E-state index contributed by atoms with van der Waals surface area (Å²) in [6, 6.07) is 9.18. The number of hydrogen-bond acceptors (Lipinski definition) is 4. The van der Waals surface area contributed by atoms with E-state index in [-0.39, 0.29) is 30.9 Å². The van der Waals surface area contributed by atoms with Crippen LogP contribution < -0.4 is 4.74 Å². The average molecular weight is 293 g/mol. The van der Waals surface area contributed by atoms with Crippen LogP contribution in [-0.4, -0.2) is 42.6 Å². The van der Waals surface area contributed by atoms with Gasteiger partial charge in [0.2, 0.25) is 0 Å². The number of nitrogens with zero attached hydrogens (tertiary/aromatic N) is 1. The van der Waals surface area contributed by atoms with Gasteiger partial charge in [-0.1, -0.05) is 18.2 Å². The number of ether oxygens (including phenoxy) is 2. The van der Waals surface area contributed by atoms with Crippen LogP contribution in [0.1, 0.15) is 27.2 Å². The van der Waals surface area contributed by atoms with Crippen LogP contribution >= 0.6 is 0 Å². The number of carbonyl (C=O) groups is 2. The van der Waals surface area contributed by atoms with Crippen LogP contribution in [-0.2, 0) is 14.3 Å². The van der Waals surface area contributed by atoms with E-state index in [2.05, 4.69) is 0 Å². The smallest absolute Gasteiger partial charge is 0.307 e. The molecule has 0 aliphatic carbocycles. The largest absolute Gasteiger partial charge is 0.484 e. The summed E-state index contributed by atoms with van der Waals surface area (Å²) >= 11 is 0. The maximum atomic E-state index is 12.2. The van der Waals surface area contributed by atoms with Crippen LogP contribution in [0.25, 0.3) is 0 Å². The molecule has 21 heavy (non-hydrogen) atoms. The monoisotopic (exact) mass is 293 g/mol. The molecule has 0 aromatic heterocycles. The Bertz CT molecular complexity index is 445. The molecule has 0 fully saturated rings. The number of carbonyl (C=O) groups excluding carboxylic acids is 2. The second-order valence-electron chi connectivity index (χ2n) is 4.84. The zero-order chi connectivity index (χ0) is 15.7. The maximum Gasteiger partial charge on any atom is 0.307 e. The number of esters is 1. The number of para-hydroxylation sites is 1. The molecule has 0 saturated heterocycles. The van der Waals surface area contributed by atoms with Gasteiger partial charge in [-0.2, -0.15) is 0 Å². The van der Waals surface area contributed by atoms with Crippen molar-refractivity contribution in [3.8, 4) is 5.75 Å². The molecule has 0 bridgehead atoms. The fraction of sp³-hybridized carbons (Fsp3) is 0.500. The van der Waals surface area contributed by atoms with Gasteiger partial charge in [0.05, 0.1) is 13.0 Å². The molecular formula is C16H23NO4. The minimum Gasteiger partial charge on any atom is -0.484 e. The third-order valence-electron chi connectivity index (χ3n) is 2.91. The Kier molecular flexibility index (Phi) is 7.29. The van der Waals surface area contributed by atoms with Gasteiger partial charge < -0.3 is 14.4 Å². The highest BCUT2D eigenvalue weighted by atomic mass is 16.5. The molecule has 0 aliphatic rings. The van der Waals surface area contributed by atoms with Gasteiger partial charge in [-0.05, 0) is 32.9 Å². The first-order valence-electron chi connectivity index (χ1n) is 7.17. The predicted molar refractivity (Wildman–Crippen MR) is 80.0 cm³/mol. The van der Waals surface area contributed by atoms with E-state index in [9.17, 15) is 9.59 Å². The molecule has 5 nitrogen and oxygen atoms in total. The lowest BCUT2D eigenvalue weighted by molar-refractivity contribution is -0.144. The number of amides is 1. The summed E-state index contributed by atoms with van der Waals surface area (Å²) in [4.78, 5) is 25.2. The van der Waals surface area contributed by atoms with E-state index in [1.54, 1.807) is 24.0 Å². The summed E-state index contributed by atoms with van der Waals surface area (Å²) in [7, 11) is 0. The Balaban J connectivity index is 2.47. The minimum atomic E-state index is -0.292. The summed E-state index contributed by atoms with van der Waals surface area (Å²) in [6.07, 6.45) is 0.198. The first-order valence-corrected chi connectivity index (χ1v) is 7.17. The molecule has 0 heterocycles. The zero-order valence-corrected chi connectivity index (χ0v) is 12.9. The second kappa shape index (κ2) is 9.00. The maximum absolute atomic E-state index is 12.2. The summed E-state index contributed by atoms with van der Waals surface area (Å²) in [5, 5.41) is 0. The van der Waals surface area contributed by atoms with Crippen molar-refractivity contribution >= 4 is 11.9 Å². The molecule has 1 rings (SSSR count). The van der Waals surface area contributed by atoms with Gasteiger partial charge in [0.15, 0.2) is 6.61 Å². The summed E-state index contributed by atoms with van der Waals surface area (Å²) < 4.78 is 10.3. The fourth-order valence-corrected chi connectivity index (χ4v) is 1.86. The van der Waals surface area contributed by atoms with Crippen LogP contribution in [0.2, 0.25) is 0 Å². The van der Waals surface area contributed by atoms with Gasteiger partial charge in [0.25, 0.3) is 5.91 Å². The van der Waals surface area contributed by atoms with Crippen molar-refractivity contribution < 1.29 is 19.1 Å². The van der Waals surface area contributed by atoms with Crippen LogP contribution in [0.4, 0.5) is 0 Å². The summed E-state index contributed by atoms with van der Waals surface area (Å²) in [6.45, 7) is 6.23. The standard InChI is InChI=1S/C16H23NO4/c1-4-20-16(19)10-11-17(13(2)3)15(18)12-21-14-8-6-5-7-9-14/h5-9,13H,4,10-12H2,1-3H3. The zero-order valence-electron chi connectivity index (χ0n) is 12.9. The van der Waals surface area contributed by atoms with Crippen LogP contribution in [0.15, 0.2) is 30.3 Å². The minimum absolute atomic E-state index is 0.00583. The van der Waals surface area contributed by atoms with Crippen molar-refractivity contribution in [3.05, 3.63) is 30.3 Å². The molecule has 1 aromatic carbocycles. The molecule has 5 heteroatoms. The molecule has 0 spiro atoms. The topological polar surface area (TPSA) is 55.8 Å². The molecule has 0 atom stereocenters. The lowest BCUT2D eigenvalue weighted by Crippen LogP contribution is -2.41. The van der Waals surface area contributed by atoms with Gasteiger partial charge in [-0.3, -0.25) is 9.59 Å². The van der Waals surface area contributed by atoms with Crippen molar-refractivity contribution in [2.75, 3.05) is 19.8 Å². The number of hydrogen-bond donors (Lipinski definition) is 0. The van der Waals surface area contributed by atoms with Gasteiger partial charge in [0.1, 0.15) is 5.75 Å². The molecule has 0 saturated carbocycles. The molecule has 0 unspecified atom stereocenters. The van der Waals surface area contributed by atoms with E-state index in [1.807, 2.05) is 32.0 Å².